The zero-order chi connectivity index (χ0) is 22.8. The van der Waals surface area contributed by atoms with E-state index in [1.165, 1.54) is 29.4 Å². The van der Waals surface area contributed by atoms with E-state index < -0.39 is 0 Å². The van der Waals surface area contributed by atoms with E-state index in [4.69, 9.17) is 0 Å². The maximum Gasteiger partial charge on any atom is 0.142 e. The van der Waals surface area contributed by atoms with Gasteiger partial charge in [0, 0.05) is 18.2 Å². The Hall–Kier alpha value is -3.77. The van der Waals surface area contributed by atoms with E-state index in [1.54, 1.807) is 6.20 Å². The Bertz CT molecular complexity index is 1440. The summed E-state index contributed by atoms with van der Waals surface area (Å²) in [7, 11) is 0. The van der Waals surface area contributed by atoms with Crippen molar-refractivity contribution >= 4 is 33.3 Å². The molecule has 5 rings (SSSR count). The molecule has 4 aromatic rings. The zero-order valence-corrected chi connectivity index (χ0v) is 18.5. The minimum atomic E-state index is -0.380. The SMILES string of the molecule is C=C(O)CSC1=NN=C(c2cc(-c3cncc(F)c3)cc(-c3ccc4ccccc4c3)c2)C1. The third-order valence-electron chi connectivity index (χ3n) is 5.39. The molecule has 0 unspecified atom stereocenters. The molecule has 0 atom stereocenters. The number of aromatic nitrogens is 1. The number of fused-ring (bicyclic) bond motifs is 1. The van der Waals surface area contributed by atoms with Crippen LogP contribution in [0.25, 0.3) is 33.0 Å². The van der Waals surface area contributed by atoms with Crippen LogP contribution in [0.15, 0.2) is 102 Å². The van der Waals surface area contributed by atoms with Crippen molar-refractivity contribution in [2.45, 2.75) is 6.42 Å². The summed E-state index contributed by atoms with van der Waals surface area (Å²) in [6.45, 7) is 3.52. The van der Waals surface area contributed by atoms with Crippen LogP contribution in [-0.4, -0.2) is 26.6 Å². The van der Waals surface area contributed by atoms with Gasteiger partial charge in [-0.1, -0.05) is 43.0 Å². The first kappa shape index (κ1) is 21.1. The minimum absolute atomic E-state index is 0.107. The number of hydrogen-bond donors (Lipinski definition) is 1. The van der Waals surface area contributed by atoms with Crippen LogP contribution >= 0.6 is 11.8 Å². The molecule has 2 heterocycles. The highest BCUT2D eigenvalue weighted by Gasteiger charge is 2.17. The van der Waals surface area contributed by atoms with Crippen LogP contribution in [0.2, 0.25) is 0 Å². The lowest BCUT2D eigenvalue weighted by Crippen LogP contribution is -2.03. The highest BCUT2D eigenvalue weighted by molar-refractivity contribution is 8.14. The number of benzene rings is 3. The van der Waals surface area contributed by atoms with E-state index in [2.05, 4.69) is 58.2 Å². The molecule has 0 fully saturated rings. The van der Waals surface area contributed by atoms with E-state index in [0.717, 1.165) is 38.4 Å². The molecule has 162 valence electrons. The molecule has 1 aliphatic heterocycles. The summed E-state index contributed by atoms with van der Waals surface area (Å²) in [5.41, 5.74) is 5.37. The third kappa shape index (κ3) is 4.71. The fourth-order valence-electron chi connectivity index (χ4n) is 3.80. The summed E-state index contributed by atoms with van der Waals surface area (Å²) in [5.74, 6) is 0.115. The highest BCUT2D eigenvalue weighted by Crippen LogP contribution is 2.32. The number of aliphatic hydroxyl groups is 1. The third-order valence-corrected chi connectivity index (χ3v) is 6.43. The Morgan fingerprint density at radius 2 is 1.61 bits per heavy atom. The molecule has 4 nitrogen and oxygen atoms in total. The minimum Gasteiger partial charge on any atom is -0.512 e. The predicted molar refractivity (Wildman–Crippen MR) is 135 cm³/mol. The van der Waals surface area contributed by atoms with Crippen molar-refractivity contribution in [2.24, 2.45) is 10.2 Å². The molecule has 0 bridgehead atoms. The molecule has 0 saturated heterocycles. The van der Waals surface area contributed by atoms with Gasteiger partial charge in [-0.25, -0.2) is 4.39 Å². The van der Waals surface area contributed by atoms with E-state index >= 15 is 0 Å². The van der Waals surface area contributed by atoms with Gasteiger partial charge in [-0.15, -0.1) is 16.9 Å². The summed E-state index contributed by atoms with van der Waals surface area (Å²) in [6, 6.07) is 22.2. The van der Waals surface area contributed by atoms with Gasteiger partial charge in [-0.3, -0.25) is 4.98 Å². The topological polar surface area (TPSA) is 57.8 Å². The standard InChI is InChI=1S/C27H20FN3OS/c1-17(32)16-33-27-13-26(30-31-27)23-10-21(9-22(11-23)24-12-25(28)15-29-14-24)20-7-6-18-4-2-3-5-19(18)8-20/h2-12,14-15,32H,1,13,16H2. The van der Waals surface area contributed by atoms with E-state index in [9.17, 15) is 9.50 Å². The molecule has 6 heteroatoms. The fraction of sp³-hybridized carbons (Fsp3) is 0.0741. The number of aliphatic hydroxyl groups excluding tert-OH is 1. The second-order valence-electron chi connectivity index (χ2n) is 7.82. The van der Waals surface area contributed by atoms with Gasteiger partial charge in [-0.2, -0.15) is 5.10 Å². The van der Waals surface area contributed by atoms with Crippen molar-refractivity contribution in [3.8, 4) is 22.3 Å². The van der Waals surface area contributed by atoms with E-state index in [0.29, 0.717) is 17.7 Å². The first-order valence-electron chi connectivity index (χ1n) is 10.4. The summed E-state index contributed by atoms with van der Waals surface area (Å²) in [6.07, 6.45) is 3.43. The lowest BCUT2D eigenvalue weighted by Gasteiger charge is -2.11. The Labute approximate surface area is 195 Å². The molecule has 0 saturated carbocycles. The van der Waals surface area contributed by atoms with Crippen molar-refractivity contribution in [1.82, 2.24) is 4.98 Å². The van der Waals surface area contributed by atoms with Crippen LogP contribution in [0, 0.1) is 5.82 Å². The Morgan fingerprint density at radius 1 is 0.848 bits per heavy atom. The number of halogens is 1. The maximum atomic E-state index is 13.9. The quantitative estimate of drug-likeness (QED) is 0.330. The van der Waals surface area contributed by atoms with Crippen LogP contribution in [0.5, 0.6) is 0 Å². The largest absolute Gasteiger partial charge is 0.512 e. The smallest absolute Gasteiger partial charge is 0.142 e. The average molecular weight is 454 g/mol. The summed E-state index contributed by atoms with van der Waals surface area (Å²) >= 11 is 1.42. The molecule has 1 N–H and O–H groups in total. The molecular weight excluding hydrogens is 433 g/mol. The molecule has 0 aliphatic carbocycles. The normalized spacial score (nSPS) is 13.1. The van der Waals surface area contributed by atoms with Gasteiger partial charge in [0.05, 0.1) is 23.4 Å². The predicted octanol–water partition coefficient (Wildman–Crippen LogP) is 7.02. The van der Waals surface area contributed by atoms with Crippen LogP contribution in [0.4, 0.5) is 4.39 Å². The van der Waals surface area contributed by atoms with Gasteiger partial charge >= 0.3 is 0 Å². The van der Waals surface area contributed by atoms with Gasteiger partial charge in [0.1, 0.15) is 10.9 Å². The first-order valence-corrected chi connectivity index (χ1v) is 11.4. The zero-order valence-electron chi connectivity index (χ0n) is 17.7. The van der Waals surface area contributed by atoms with Gasteiger partial charge in [0.25, 0.3) is 0 Å². The van der Waals surface area contributed by atoms with Gasteiger partial charge in [0.15, 0.2) is 0 Å². The van der Waals surface area contributed by atoms with Crippen LogP contribution in [0.3, 0.4) is 0 Å². The van der Waals surface area contributed by atoms with Crippen molar-refractivity contribution < 1.29 is 9.50 Å². The van der Waals surface area contributed by atoms with Crippen molar-refractivity contribution in [2.75, 3.05) is 5.75 Å². The summed E-state index contributed by atoms with van der Waals surface area (Å²) in [4.78, 5) is 4.02. The molecular formula is C27H20FN3OS. The summed E-state index contributed by atoms with van der Waals surface area (Å²) < 4.78 is 13.9. The van der Waals surface area contributed by atoms with E-state index in [-0.39, 0.29) is 11.6 Å². The molecule has 1 aliphatic rings. The second kappa shape index (κ2) is 9.00. The summed E-state index contributed by atoms with van der Waals surface area (Å²) in [5, 5.41) is 21.2. The van der Waals surface area contributed by atoms with Gasteiger partial charge in [0.2, 0.25) is 0 Å². The molecule has 33 heavy (non-hydrogen) atoms. The van der Waals surface area contributed by atoms with Crippen molar-refractivity contribution in [1.29, 1.82) is 0 Å². The average Bonchev–Trinajstić information content (AvgIpc) is 3.31. The van der Waals surface area contributed by atoms with Gasteiger partial charge in [-0.05, 0) is 63.4 Å². The lowest BCUT2D eigenvalue weighted by atomic mass is 9.93. The van der Waals surface area contributed by atoms with E-state index in [1.807, 2.05) is 24.3 Å². The van der Waals surface area contributed by atoms with Crippen molar-refractivity contribution in [3.63, 3.8) is 0 Å². The van der Waals surface area contributed by atoms with Crippen LogP contribution < -0.4 is 0 Å². The molecule has 3 aromatic carbocycles. The molecule has 0 amide bonds. The number of nitrogens with zero attached hydrogens (tertiary/aromatic N) is 3. The molecule has 0 radical (unpaired) electrons. The number of thioether (sulfide) groups is 1. The van der Waals surface area contributed by atoms with Crippen LogP contribution in [0.1, 0.15) is 12.0 Å². The Morgan fingerprint density at radius 3 is 2.39 bits per heavy atom. The van der Waals surface area contributed by atoms with Crippen LogP contribution in [-0.2, 0) is 0 Å². The lowest BCUT2D eigenvalue weighted by molar-refractivity contribution is 0.420. The fourth-order valence-corrected chi connectivity index (χ4v) is 4.47. The molecule has 1 aromatic heterocycles. The Balaban J connectivity index is 1.56. The molecule has 0 spiro atoms. The number of rotatable bonds is 5. The highest BCUT2D eigenvalue weighted by atomic mass is 32.2. The Kier molecular flexibility index (Phi) is 5.75. The second-order valence-corrected chi connectivity index (χ2v) is 8.87. The van der Waals surface area contributed by atoms with Crippen molar-refractivity contribution in [3.05, 3.63) is 103 Å². The number of hydrogen-bond acceptors (Lipinski definition) is 5. The van der Waals surface area contributed by atoms with Gasteiger partial charge < -0.3 is 5.11 Å². The number of pyridine rings is 1. The first-order chi connectivity index (χ1) is 16.0. The monoisotopic (exact) mass is 453 g/mol. The maximum absolute atomic E-state index is 13.9.